The minimum atomic E-state index is -0.970. The maximum absolute atomic E-state index is 12.4. The summed E-state index contributed by atoms with van der Waals surface area (Å²) < 4.78 is 10.7. The number of nitrogens with zero attached hydrogens (tertiary/aromatic N) is 1. The SMILES string of the molecule is COC(Oc1ccccc1)C(=O)N(C)c1ccccc1. The molecule has 20 heavy (non-hydrogen) atoms. The van der Waals surface area contributed by atoms with Gasteiger partial charge in [0.15, 0.2) is 0 Å². The molecule has 0 aliphatic rings. The van der Waals surface area contributed by atoms with Gasteiger partial charge in [0.1, 0.15) is 5.75 Å². The number of likely N-dealkylation sites (N-methyl/N-ethyl adjacent to an activating group) is 1. The fourth-order valence-electron chi connectivity index (χ4n) is 1.76. The molecule has 4 heteroatoms. The van der Waals surface area contributed by atoms with Crippen molar-refractivity contribution >= 4 is 11.6 Å². The van der Waals surface area contributed by atoms with E-state index < -0.39 is 6.29 Å². The Morgan fingerprint density at radius 2 is 1.55 bits per heavy atom. The second kappa shape index (κ2) is 6.73. The third kappa shape index (κ3) is 3.36. The van der Waals surface area contributed by atoms with Gasteiger partial charge in [-0.2, -0.15) is 0 Å². The molecule has 2 aromatic carbocycles. The van der Waals surface area contributed by atoms with Crippen LogP contribution in [0.25, 0.3) is 0 Å². The van der Waals surface area contributed by atoms with Crippen LogP contribution in [0, 0.1) is 0 Å². The number of hydrogen-bond acceptors (Lipinski definition) is 3. The molecule has 2 aromatic rings. The molecule has 0 aliphatic carbocycles. The Hall–Kier alpha value is -2.33. The quantitative estimate of drug-likeness (QED) is 0.785. The minimum Gasteiger partial charge on any atom is -0.455 e. The number of rotatable bonds is 5. The minimum absolute atomic E-state index is 0.262. The second-order valence-electron chi connectivity index (χ2n) is 4.23. The van der Waals surface area contributed by atoms with Gasteiger partial charge in [0.05, 0.1) is 0 Å². The number of ether oxygens (including phenoxy) is 2. The van der Waals surface area contributed by atoms with Crippen molar-refractivity contribution in [3.63, 3.8) is 0 Å². The van der Waals surface area contributed by atoms with E-state index in [4.69, 9.17) is 9.47 Å². The highest BCUT2D eigenvalue weighted by molar-refractivity contribution is 5.95. The van der Waals surface area contributed by atoms with Gasteiger partial charge >= 0.3 is 0 Å². The van der Waals surface area contributed by atoms with E-state index in [-0.39, 0.29) is 5.91 Å². The van der Waals surface area contributed by atoms with Crippen LogP contribution in [0.4, 0.5) is 5.69 Å². The summed E-state index contributed by atoms with van der Waals surface area (Å²) in [6, 6.07) is 18.5. The molecule has 0 spiro atoms. The first-order chi connectivity index (χ1) is 9.72. The summed E-state index contributed by atoms with van der Waals surface area (Å²) in [5.41, 5.74) is 0.788. The van der Waals surface area contributed by atoms with Gasteiger partial charge in [-0.3, -0.25) is 4.79 Å². The van der Waals surface area contributed by atoms with Crippen molar-refractivity contribution in [2.45, 2.75) is 6.29 Å². The lowest BCUT2D eigenvalue weighted by Crippen LogP contribution is -2.41. The van der Waals surface area contributed by atoms with E-state index in [0.29, 0.717) is 5.75 Å². The summed E-state index contributed by atoms with van der Waals surface area (Å²) in [7, 11) is 3.14. The molecule has 0 saturated carbocycles. The molecule has 0 aliphatic heterocycles. The Morgan fingerprint density at radius 3 is 2.10 bits per heavy atom. The van der Waals surface area contributed by atoms with Crippen LogP contribution in [0.1, 0.15) is 0 Å². The van der Waals surface area contributed by atoms with E-state index in [9.17, 15) is 4.79 Å². The van der Waals surface area contributed by atoms with Crippen LogP contribution in [-0.2, 0) is 9.53 Å². The highest BCUT2D eigenvalue weighted by Crippen LogP contribution is 2.16. The number of amides is 1. The van der Waals surface area contributed by atoms with Gasteiger partial charge in [-0.05, 0) is 24.3 Å². The zero-order chi connectivity index (χ0) is 14.4. The third-order valence-electron chi connectivity index (χ3n) is 2.88. The van der Waals surface area contributed by atoms with Crippen molar-refractivity contribution in [1.29, 1.82) is 0 Å². The second-order valence-corrected chi connectivity index (χ2v) is 4.23. The van der Waals surface area contributed by atoms with E-state index in [0.717, 1.165) is 5.69 Å². The Balaban J connectivity index is 2.09. The monoisotopic (exact) mass is 271 g/mol. The van der Waals surface area contributed by atoms with E-state index in [1.165, 1.54) is 12.0 Å². The van der Waals surface area contributed by atoms with Crippen LogP contribution >= 0.6 is 0 Å². The number of hydrogen-bond donors (Lipinski definition) is 0. The normalized spacial score (nSPS) is 11.7. The lowest BCUT2D eigenvalue weighted by atomic mass is 10.3. The Bertz CT molecular complexity index is 542. The molecular formula is C16H17NO3. The molecule has 0 N–H and O–H groups in total. The van der Waals surface area contributed by atoms with Crippen molar-refractivity contribution < 1.29 is 14.3 Å². The number of carbonyl (C=O) groups excluding carboxylic acids is 1. The predicted molar refractivity (Wildman–Crippen MR) is 77.7 cm³/mol. The largest absolute Gasteiger partial charge is 0.455 e. The smallest absolute Gasteiger partial charge is 0.296 e. The van der Waals surface area contributed by atoms with Crippen LogP contribution in [-0.4, -0.2) is 26.4 Å². The van der Waals surface area contributed by atoms with Gasteiger partial charge in [0.2, 0.25) is 0 Å². The molecule has 0 bridgehead atoms. The average Bonchev–Trinajstić information content (AvgIpc) is 2.53. The molecule has 1 amide bonds. The van der Waals surface area contributed by atoms with Crippen LogP contribution in [0.5, 0.6) is 5.75 Å². The van der Waals surface area contributed by atoms with Crippen molar-refractivity contribution in [2.24, 2.45) is 0 Å². The first-order valence-electron chi connectivity index (χ1n) is 6.29. The number of para-hydroxylation sites is 2. The van der Waals surface area contributed by atoms with E-state index >= 15 is 0 Å². The fraction of sp³-hybridized carbons (Fsp3) is 0.188. The summed E-state index contributed by atoms with van der Waals surface area (Å²) in [6.45, 7) is 0. The van der Waals surface area contributed by atoms with Crippen molar-refractivity contribution in [1.82, 2.24) is 0 Å². The van der Waals surface area contributed by atoms with Crippen LogP contribution < -0.4 is 9.64 Å². The topological polar surface area (TPSA) is 38.8 Å². The molecule has 104 valence electrons. The van der Waals surface area contributed by atoms with Gasteiger partial charge in [0, 0.05) is 19.8 Å². The molecular weight excluding hydrogens is 254 g/mol. The summed E-state index contributed by atoms with van der Waals surface area (Å²) in [5, 5.41) is 0. The summed E-state index contributed by atoms with van der Waals surface area (Å²) in [5.74, 6) is 0.330. The maximum atomic E-state index is 12.4. The molecule has 0 fully saturated rings. The predicted octanol–water partition coefficient (Wildman–Crippen LogP) is 2.70. The van der Waals surface area contributed by atoms with Crippen molar-refractivity contribution in [3.05, 3.63) is 60.7 Å². The van der Waals surface area contributed by atoms with E-state index in [1.807, 2.05) is 48.5 Å². The Morgan fingerprint density at radius 1 is 1.00 bits per heavy atom. The summed E-state index contributed by atoms with van der Waals surface area (Å²) >= 11 is 0. The molecule has 0 radical (unpaired) electrons. The van der Waals surface area contributed by atoms with E-state index in [1.54, 1.807) is 19.2 Å². The summed E-state index contributed by atoms with van der Waals surface area (Å²) in [6.07, 6.45) is -0.970. The summed E-state index contributed by atoms with van der Waals surface area (Å²) in [4.78, 5) is 13.9. The zero-order valence-electron chi connectivity index (χ0n) is 11.5. The van der Waals surface area contributed by atoms with Gasteiger partial charge in [-0.15, -0.1) is 0 Å². The Kier molecular flexibility index (Phi) is 4.74. The number of anilines is 1. The molecule has 2 rings (SSSR count). The van der Waals surface area contributed by atoms with Crippen LogP contribution in [0.2, 0.25) is 0 Å². The molecule has 0 aromatic heterocycles. The van der Waals surface area contributed by atoms with Crippen molar-refractivity contribution in [2.75, 3.05) is 19.1 Å². The number of methoxy groups -OCH3 is 1. The average molecular weight is 271 g/mol. The Labute approximate surface area is 118 Å². The van der Waals surface area contributed by atoms with Crippen molar-refractivity contribution in [3.8, 4) is 5.75 Å². The highest BCUT2D eigenvalue weighted by atomic mass is 16.7. The first-order valence-corrected chi connectivity index (χ1v) is 6.29. The molecule has 4 nitrogen and oxygen atoms in total. The third-order valence-corrected chi connectivity index (χ3v) is 2.88. The van der Waals surface area contributed by atoms with Gasteiger partial charge < -0.3 is 14.4 Å². The van der Waals surface area contributed by atoms with Gasteiger partial charge in [-0.1, -0.05) is 36.4 Å². The van der Waals surface area contributed by atoms with Gasteiger partial charge in [0.25, 0.3) is 12.2 Å². The number of carbonyl (C=O) groups is 1. The molecule has 0 heterocycles. The van der Waals surface area contributed by atoms with E-state index in [2.05, 4.69) is 0 Å². The highest BCUT2D eigenvalue weighted by Gasteiger charge is 2.24. The first kappa shape index (κ1) is 14.1. The maximum Gasteiger partial charge on any atom is 0.296 e. The number of benzene rings is 2. The lowest BCUT2D eigenvalue weighted by molar-refractivity contribution is -0.144. The molecule has 0 saturated heterocycles. The van der Waals surface area contributed by atoms with Crippen LogP contribution in [0.15, 0.2) is 60.7 Å². The van der Waals surface area contributed by atoms with Gasteiger partial charge in [-0.25, -0.2) is 0 Å². The molecule has 1 unspecified atom stereocenters. The zero-order valence-corrected chi connectivity index (χ0v) is 11.5. The molecule has 1 atom stereocenters. The lowest BCUT2D eigenvalue weighted by Gasteiger charge is -2.23. The van der Waals surface area contributed by atoms with Crippen LogP contribution in [0.3, 0.4) is 0 Å². The standard InChI is InChI=1S/C16H17NO3/c1-17(13-9-5-3-6-10-13)15(18)16(19-2)20-14-11-7-4-8-12-14/h3-12,16H,1-2H3. The fourth-order valence-corrected chi connectivity index (χ4v) is 1.76.